The molecule has 1 aromatic carbocycles. The zero-order valence-corrected chi connectivity index (χ0v) is 11.3. The SMILES string of the molecule is O=C(O)/C=C/c1ccc(NC(=O)CCc2ccco2)cc1. The van der Waals surface area contributed by atoms with Gasteiger partial charge in [-0.15, -0.1) is 0 Å². The number of hydrogen-bond donors (Lipinski definition) is 2. The molecule has 2 rings (SSSR count). The van der Waals surface area contributed by atoms with Crippen LogP contribution in [0.4, 0.5) is 5.69 Å². The van der Waals surface area contributed by atoms with Gasteiger partial charge in [0.1, 0.15) is 5.76 Å². The van der Waals surface area contributed by atoms with E-state index in [2.05, 4.69) is 5.32 Å². The van der Waals surface area contributed by atoms with Gasteiger partial charge in [0, 0.05) is 24.6 Å². The van der Waals surface area contributed by atoms with Crippen LogP contribution in [0.3, 0.4) is 0 Å². The number of nitrogens with one attached hydrogen (secondary N) is 1. The van der Waals surface area contributed by atoms with E-state index in [0.29, 0.717) is 18.5 Å². The molecule has 0 bridgehead atoms. The number of anilines is 1. The Balaban J connectivity index is 1.85. The van der Waals surface area contributed by atoms with Gasteiger partial charge in [0.05, 0.1) is 6.26 Å². The first kappa shape index (κ1) is 14.6. The van der Waals surface area contributed by atoms with Crippen molar-refractivity contribution >= 4 is 23.6 Å². The van der Waals surface area contributed by atoms with Crippen LogP contribution in [0.5, 0.6) is 0 Å². The van der Waals surface area contributed by atoms with Crippen molar-refractivity contribution in [1.29, 1.82) is 0 Å². The van der Waals surface area contributed by atoms with Gasteiger partial charge in [-0.05, 0) is 35.9 Å². The molecule has 1 heterocycles. The Morgan fingerprint density at radius 1 is 1.19 bits per heavy atom. The molecule has 2 aromatic rings. The lowest BCUT2D eigenvalue weighted by Crippen LogP contribution is -2.12. The summed E-state index contributed by atoms with van der Waals surface area (Å²) >= 11 is 0. The summed E-state index contributed by atoms with van der Waals surface area (Å²) in [5, 5.41) is 11.3. The Bertz CT molecular complexity index is 627. The highest BCUT2D eigenvalue weighted by molar-refractivity contribution is 5.91. The fraction of sp³-hybridized carbons (Fsp3) is 0.125. The second-order valence-electron chi connectivity index (χ2n) is 4.42. The number of furan rings is 1. The van der Waals surface area contributed by atoms with Crippen molar-refractivity contribution in [2.24, 2.45) is 0 Å². The van der Waals surface area contributed by atoms with Crippen molar-refractivity contribution in [3.8, 4) is 0 Å². The first-order valence-corrected chi connectivity index (χ1v) is 6.47. The van der Waals surface area contributed by atoms with Gasteiger partial charge in [-0.2, -0.15) is 0 Å². The molecule has 5 nitrogen and oxygen atoms in total. The van der Waals surface area contributed by atoms with Crippen LogP contribution in [0, 0.1) is 0 Å². The number of amides is 1. The number of aliphatic carboxylic acids is 1. The van der Waals surface area contributed by atoms with Gasteiger partial charge in [0.2, 0.25) is 5.91 Å². The van der Waals surface area contributed by atoms with Crippen LogP contribution in [0.1, 0.15) is 17.7 Å². The molecular weight excluding hydrogens is 270 g/mol. The minimum Gasteiger partial charge on any atom is -0.478 e. The Labute approximate surface area is 121 Å². The van der Waals surface area contributed by atoms with Crippen LogP contribution in [-0.2, 0) is 16.0 Å². The topological polar surface area (TPSA) is 79.5 Å². The lowest BCUT2D eigenvalue weighted by Gasteiger charge is -2.04. The molecule has 0 radical (unpaired) electrons. The highest BCUT2D eigenvalue weighted by atomic mass is 16.4. The van der Waals surface area contributed by atoms with E-state index in [1.807, 2.05) is 6.07 Å². The van der Waals surface area contributed by atoms with E-state index >= 15 is 0 Å². The molecule has 0 aliphatic rings. The maximum atomic E-state index is 11.8. The summed E-state index contributed by atoms with van der Waals surface area (Å²) in [5.41, 5.74) is 1.43. The van der Waals surface area contributed by atoms with Crippen LogP contribution in [0.2, 0.25) is 0 Å². The average Bonchev–Trinajstić information content (AvgIpc) is 2.98. The van der Waals surface area contributed by atoms with Gasteiger partial charge in [-0.3, -0.25) is 4.79 Å². The third-order valence-corrected chi connectivity index (χ3v) is 2.79. The number of aryl methyl sites for hydroxylation is 1. The Hall–Kier alpha value is -2.82. The minimum atomic E-state index is -0.995. The van der Waals surface area contributed by atoms with Crippen molar-refractivity contribution in [3.05, 3.63) is 60.1 Å². The third kappa shape index (κ3) is 4.99. The molecular formula is C16H15NO4. The van der Waals surface area contributed by atoms with Crippen LogP contribution in [-0.4, -0.2) is 17.0 Å². The van der Waals surface area contributed by atoms with E-state index in [1.54, 1.807) is 36.6 Å². The number of carbonyl (C=O) groups excluding carboxylic acids is 1. The Morgan fingerprint density at radius 3 is 2.57 bits per heavy atom. The van der Waals surface area contributed by atoms with Crippen molar-refractivity contribution in [1.82, 2.24) is 0 Å². The summed E-state index contributed by atoms with van der Waals surface area (Å²) in [6.07, 6.45) is 5.03. The zero-order valence-electron chi connectivity index (χ0n) is 11.3. The maximum absolute atomic E-state index is 11.8. The van der Waals surface area contributed by atoms with Gasteiger partial charge in [-0.25, -0.2) is 4.79 Å². The normalized spacial score (nSPS) is 10.7. The highest BCUT2D eigenvalue weighted by Crippen LogP contribution is 2.12. The summed E-state index contributed by atoms with van der Waals surface area (Å²) < 4.78 is 5.16. The van der Waals surface area contributed by atoms with Gasteiger partial charge < -0.3 is 14.8 Å². The molecule has 0 spiro atoms. The molecule has 0 saturated heterocycles. The minimum absolute atomic E-state index is 0.0970. The molecule has 0 aliphatic carbocycles. The lowest BCUT2D eigenvalue weighted by atomic mass is 10.2. The molecule has 21 heavy (non-hydrogen) atoms. The number of carbonyl (C=O) groups is 2. The van der Waals surface area contributed by atoms with Crippen LogP contribution < -0.4 is 5.32 Å². The molecule has 0 unspecified atom stereocenters. The average molecular weight is 285 g/mol. The van der Waals surface area contributed by atoms with Crippen molar-refractivity contribution in [3.63, 3.8) is 0 Å². The van der Waals surface area contributed by atoms with Crippen molar-refractivity contribution in [2.45, 2.75) is 12.8 Å². The predicted octanol–water partition coefficient (Wildman–Crippen LogP) is 2.95. The third-order valence-electron chi connectivity index (χ3n) is 2.79. The number of carboxylic acids is 1. The van der Waals surface area contributed by atoms with E-state index in [0.717, 1.165) is 17.4 Å². The van der Waals surface area contributed by atoms with Gasteiger partial charge >= 0.3 is 5.97 Å². The van der Waals surface area contributed by atoms with Crippen molar-refractivity contribution in [2.75, 3.05) is 5.32 Å². The standard InChI is InChI=1S/C16H15NO4/c18-15(9-8-14-2-1-11-21-14)17-13-6-3-12(4-7-13)5-10-16(19)20/h1-7,10-11H,8-9H2,(H,17,18)(H,19,20)/b10-5+. The summed E-state index contributed by atoms with van der Waals surface area (Å²) in [7, 11) is 0. The molecule has 0 aliphatic heterocycles. The molecule has 1 amide bonds. The summed E-state index contributed by atoms with van der Waals surface area (Å²) in [5.74, 6) is -0.315. The largest absolute Gasteiger partial charge is 0.478 e. The second kappa shape index (κ2) is 7.09. The Morgan fingerprint density at radius 2 is 1.95 bits per heavy atom. The predicted molar refractivity (Wildman–Crippen MR) is 78.8 cm³/mol. The van der Waals surface area contributed by atoms with E-state index in [-0.39, 0.29) is 5.91 Å². The quantitative estimate of drug-likeness (QED) is 0.800. The molecule has 108 valence electrons. The zero-order chi connectivity index (χ0) is 15.1. The van der Waals surface area contributed by atoms with E-state index in [9.17, 15) is 9.59 Å². The molecule has 5 heteroatoms. The summed E-state index contributed by atoms with van der Waals surface area (Å²) in [6.45, 7) is 0. The fourth-order valence-corrected chi connectivity index (χ4v) is 1.76. The van der Waals surface area contributed by atoms with E-state index in [1.165, 1.54) is 6.08 Å². The van der Waals surface area contributed by atoms with Gasteiger partial charge in [-0.1, -0.05) is 12.1 Å². The smallest absolute Gasteiger partial charge is 0.328 e. The van der Waals surface area contributed by atoms with E-state index in [4.69, 9.17) is 9.52 Å². The summed E-state index contributed by atoms with van der Waals surface area (Å²) in [6, 6.07) is 10.6. The van der Waals surface area contributed by atoms with Crippen molar-refractivity contribution < 1.29 is 19.1 Å². The number of hydrogen-bond acceptors (Lipinski definition) is 3. The molecule has 0 saturated carbocycles. The van der Waals surface area contributed by atoms with Gasteiger partial charge in [0.25, 0.3) is 0 Å². The highest BCUT2D eigenvalue weighted by Gasteiger charge is 2.04. The Kier molecular flexibility index (Phi) is 4.93. The first-order valence-electron chi connectivity index (χ1n) is 6.47. The lowest BCUT2D eigenvalue weighted by molar-refractivity contribution is -0.131. The maximum Gasteiger partial charge on any atom is 0.328 e. The molecule has 1 aromatic heterocycles. The fourth-order valence-electron chi connectivity index (χ4n) is 1.76. The monoisotopic (exact) mass is 285 g/mol. The first-order chi connectivity index (χ1) is 10.1. The molecule has 0 atom stereocenters. The number of carboxylic acid groups (broad SMARTS) is 1. The number of benzene rings is 1. The summed E-state index contributed by atoms with van der Waals surface area (Å²) in [4.78, 5) is 22.2. The van der Waals surface area contributed by atoms with Crippen LogP contribution in [0.15, 0.2) is 53.2 Å². The van der Waals surface area contributed by atoms with E-state index < -0.39 is 5.97 Å². The number of rotatable bonds is 6. The van der Waals surface area contributed by atoms with Crippen LogP contribution in [0.25, 0.3) is 6.08 Å². The molecule has 0 fully saturated rings. The molecule has 2 N–H and O–H groups in total. The van der Waals surface area contributed by atoms with Crippen LogP contribution >= 0.6 is 0 Å². The van der Waals surface area contributed by atoms with Gasteiger partial charge in [0.15, 0.2) is 0 Å². The second-order valence-corrected chi connectivity index (χ2v) is 4.42.